The summed E-state index contributed by atoms with van der Waals surface area (Å²) in [6.45, 7) is 7.38. The Hall–Kier alpha value is -0.950. The van der Waals surface area contributed by atoms with Crippen LogP contribution in [0, 0.1) is 0 Å². The monoisotopic (exact) mass is 297 g/mol. The summed E-state index contributed by atoms with van der Waals surface area (Å²) in [5.41, 5.74) is 6.47. The summed E-state index contributed by atoms with van der Waals surface area (Å²) < 4.78 is 26.7. The van der Waals surface area contributed by atoms with Gasteiger partial charge in [0.2, 0.25) is 10.0 Å². The minimum absolute atomic E-state index is 0.354. The van der Waals surface area contributed by atoms with Crippen LogP contribution in [-0.2, 0) is 16.6 Å². The van der Waals surface area contributed by atoms with E-state index in [1.54, 1.807) is 28.6 Å². The van der Waals surface area contributed by atoms with Crippen LogP contribution in [0.5, 0.6) is 0 Å². The largest absolute Gasteiger partial charge is 0.326 e. The van der Waals surface area contributed by atoms with Crippen LogP contribution in [0.4, 0.5) is 0 Å². The predicted octanol–water partition coefficient (Wildman–Crippen LogP) is 0.860. The Kier molecular flexibility index (Phi) is 4.80. The molecule has 5 nitrogen and oxygen atoms in total. The molecule has 1 aliphatic rings. The lowest BCUT2D eigenvalue weighted by atomic mass is 10.2. The van der Waals surface area contributed by atoms with Gasteiger partial charge in [0.25, 0.3) is 0 Å². The lowest BCUT2D eigenvalue weighted by molar-refractivity contribution is 0.154. The summed E-state index contributed by atoms with van der Waals surface area (Å²) in [4.78, 5) is 2.65. The first kappa shape index (κ1) is 15.4. The molecule has 0 aliphatic carbocycles. The van der Waals surface area contributed by atoms with E-state index in [1.165, 1.54) is 0 Å². The Morgan fingerprint density at radius 2 is 1.65 bits per heavy atom. The molecule has 6 heteroatoms. The van der Waals surface area contributed by atoms with Gasteiger partial charge in [-0.1, -0.05) is 12.1 Å². The second kappa shape index (κ2) is 6.22. The van der Waals surface area contributed by atoms with Gasteiger partial charge in [0, 0.05) is 38.8 Å². The highest BCUT2D eigenvalue weighted by atomic mass is 32.2. The Morgan fingerprint density at radius 3 is 2.10 bits per heavy atom. The quantitative estimate of drug-likeness (QED) is 0.895. The average Bonchev–Trinajstić information content (AvgIpc) is 2.47. The first-order chi connectivity index (χ1) is 9.45. The maximum atomic E-state index is 12.5. The van der Waals surface area contributed by atoms with Crippen LogP contribution in [0.25, 0.3) is 0 Å². The zero-order valence-corrected chi connectivity index (χ0v) is 12.9. The SMILES string of the molecule is CC(C)N1CCN(S(=O)(=O)c2ccc(CN)cc2)CC1. The molecule has 2 rings (SSSR count). The van der Waals surface area contributed by atoms with E-state index in [0.717, 1.165) is 18.7 Å². The van der Waals surface area contributed by atoms with Crippen molar-refractivity contribution in [2.75, 3.05) is 26.2 Å². The van der Waals surface area contributed by atoms with Crippen LogP contribution in [0.2, 0.25) is 0 Å². The number of piperazine rings is 1. The van der Waals surface area contributed by atoms with Crippen molar-refractivity contribution >= 4 is 10.0 Å². The molecule has 0 radical (unpaired) electrons. The third-order valence-electron chi connectivity index (χ3n) is 3.80. The molecule has 1 aromatic carbocycles. The molecular formula is C14H23N3O2S. The highest BCUT2D eigenvalue weighted by Gasteiger charge is 2.28. The summed E-state index contributed by atoms with van der Waals surface area (Å²) in [5, 5.41) is 0. The zero-order valence-electron chi connectivity index (χ0n) is 12.1. The molecule has 0 atom stereocenters. The number of rotatable bonds is 4. The van der Waals surface area contributed by atoms with Crippen molar-refractivity contribution in [1.82, 2.24) is 9.21 Å². The van der Waals surface area contributed by atoms with Crippen LogP contribution < -0.4 is 5.73 Å². The second-order valence-corrected chi connectivity index (χ2v) is 7.32. The topological polar surface area (TPSA) is 66.6 Å². The predicted molar refractivity (Wildman–Crippen MR) is 79.8 cm³/mol. The van der Waals surface area contributed by atoms with Gasteiger partial charge in [-0.2, -0.15) is 4.31 Å². The third-order valence-corrected chi connectivity index (χ3v) is 5.71. The molecule has 0 spiro atoms. The zero-order chi connectivity index (χ0) is 14.8. The van der Waals surface area contributed by atoms with E-state index < -0.39 is 10.0 Å². The molecule has 1 saturated heterocycles. The lowest BCUT2D eigenvalue weighted by Gasteiger charge is -2.36. The van der Waals surface area contributed by atoms with Crippen molar-refractivity contribution in [2.24, 2.45) is 5.73 Å². The molecule has 1 aliphatic heterocycles. The number of nitrogens with zero attached hydrogens (tertiary/aromatic N) is 2. The fourth-order valence-corrected chi connectivity index (χ4v) is 3.83. The van der Waals surface area contributed by atoms with Crippen LogP contribution in [-0.4, -0.2) is 49.8 Å². The van der Waals surface area contributed by atoms with E-state index in [0.29, 0.717) is 30.6 Å². The van der Waals surface area contributed by atoms with E-state index in [1.807, 2.05) is 0 Å². The van der Waals surface area contributed by atoms with E-state index >= 15 is 0 Å². The van der Waals surface area contributed by atoms with E-state index in [9.17, 15) is 8.42 Å². The highest BCUT2D eigenvalue weighted by Crippen LogP contribution is 2.18. The molecule has 0 bridgehead atoms. The number of nitrogens with two attached hydrogens (primary N) is 1. The molecule has 0 amide bonds. The first-order valence-corrected chi connectivity index (χ1v) is 8.42. The Bertz CT molecular complexity index is 532. The van der Waals surface area contributed by atoms with Crippen LogP contribution in [0.15, 0.2) is 29.2 Å². The van der Waals surface area contributed by atoms with Gasteiger partial charge in [0.1, 0.15) is 0 Å². The van der Waals surface area contributed by atoms with Gasteiger partial charge >= 0.3 is 0 Å². The van der Waals surface area contributed by atoms with Gasteiger partial charge in [-0.15, -0.1) is 0 Å². The van der Waals surface area contributed by atoms with Crippen LogP contribution >= 0.6 is 0 Å². The molecule has 1 fully saturated rings. The van der Waals surface area contributed by atoms with Gasteiger partial charge in [-0.3, -0.25) is 4.90 Å². The first-order valence-electron chi connectivity index (χ1n) is 6.98. The fourth-order valence-electron chi connectivity index (χ4n) is 2.41. The highest BCUT2D eigenvalue weighted by molar-refractivity contribution is 7.89. The normalized spacial score (nSPS) is 18.6. The molecule has 2 N–H and O–H groups in total. The Labute approximate surface area is 121 Å². The van der Waals surface area contributed by atoms with Gasteiger partial charge in [-0.25, -0.2) is 8.42 Å². The standard InChI is InChI=1S/C14H23N3O2S/c1-12(2)16-7-9-17(10-8-16)20(18,19)14-5-3-13(11-15)4-6-14/h3-6,12H,7-11,15H2,1-2H3. The van der Waals surface area contributed by atoms with Crippen molar-refractivity contribution in [2.45, 2.75) is 31.3 Å². The van der Waals surface area contributed by atoms with E-state index in [4.69, 9.17) is 5.73 Å². The van der Waals surface area contributed by atoms with Crippen LogP contribution in [0.3, 0.4) is 0 Å². The minimum Gasteiger partial charge on any atom is -0.326 e. The summed E-state index contributed by atoms with van der Waals surface area (Å²) in [5.74, 6) is 0. The lowest BCUT2D eigenvalue weighted by Crippen LogP contribution is -2.50. The summed E-state index contributed by atoms with van der Waals surface area (Å²) in [6.07, 6.45) is 0. The van der Waals surface area contributed by atoms with Gasteiger partial charge < -0.3 is 5.73 Å². The number of hydrogen-bond donors (Lipinski definition) is 1. The van der Waals surface area contributed by atoms with Crippen LogP contribution in [0.1, 0.15) is 19.4 Å². The summed E-state index contributed by atoms with van der Waals surface area (Å²) in [6, 6.07) is 7.30. The van der Waals surface area contributed by atoms with Gasteiger partial charge in [0.05, 0.1) is 4.90 Å². The van der Waals surface area contributed by atoms with Gasteiger partial charge in [0.15, 0.2) is 0 Å². The molecule has 0 saturated carbocycles. The maximum Gasteiger partial charge on any atom is 0.243 e. The van der Waals surface area contributed by atoms with Gasteiger partial charge in [-0.05, 0) is 31.5 Å². The third kappa shape index (κ3) is 3.20. The van der Waals surface area contributed by atoms with Crippen molar-refractivity contribution < 1.29 is 8.42 Å². The number of benzene rings is 1. The number of hydrogen-bond acceptors (Lipinski definition) is 4. The Morgan fingerprint density at radius 1 is 1.10 bits per heavy atom. The van der Waals surface area contributed by atoms with Crippen molar-refractivity contribution in [3.05, 3.63) is 29.8 Å². The van der Waals surface area contributed by atoms with Crippen molar-refractivity contribution in [3.8, 4) is 0 Å². The molecule has 20 heavy (non-hydrogen) atoms. The summed E-state index contributed by atoms with van der Waals surface area (Å²) >= 11 is 0. The fraction of sp³-hybridized carbons (Fsp3) is 0.571. The number of sulfonamides is 1. The summed E-state index contributed by atoms with van der Waals surface area (Å²) in [7, 11) is -3.37. The van der Waals surface area contributed by atoms with E-state index in [-0.39, 0.29) is 0 Å². The molecule has 1 heterocycles. The smallest absolute Gasteiger partial charge is 0.243 e. The van der Waals surface area contributed by atoms with Crippen molar-refractivity contribution in [3.63, 3.8) is 0 Å². The van der Waals surface area contributed by atoms with E-state index in [2.05, 4.69) is 18.7 Å². The Balaban J connectivity index is 2.11. The molecular weight excluding hydrogens is 274 g/mol. The minimum atomic E-state index is -3.37. The maximum absolute atomic E-state index is 12.5. The molecule has 0 aromatic heterocycles. The molecule has 112 valence electrons. The molecule has 1 aromatic rings. The average molecular weight is 297 g/mol. The van der Waals surface area contributed by atoms with Crippen molar-refractivity contribution in [1.29, 1.82) is 0 Å². The second-order valence-electron chi connectivity index (χ2n) is 5.38. The molecule has 0 unspecified atom stereocenters.